The maximum Gasteiger partial charge on any atom is 0.263 e. The van der Waals surface area contributed by atoms with Gasteiger partial charge in [-0.3, -0.25) is 9.59 Å². The number of benzene rings is 3. The first-order chi connectivity index (χ1) is 17.1. The van der Waals surface area contributed by atoms with E-state index in [1.54, 1.807) is 18.1 Å². The van der Waals surface area contributed by atoms with Crippen molar-refractivity contribution in [2.75, 3.05) is 12.4 Å². The molecule has 0 saturated heterocycles. The molecule has 0 radical (unpaired) electrons. The molecule has 2 aliphatic heterocycles. The molecule has 3 aromatic rings. The van der Waals surface area contributed by atoms with E-state index in [9.17, 15) is 9.59 Å². The highest BCUT2D eigenvalue weighted by atomic mass is 32.2. The summed E-state index contributed by atoms with van der Waals surface area (Å²) in [6.45, 7) is 1.94. The van der Waals surface area contributed by atoms with Gasteiger partial charge >= 0.3 is 0 Å². The number of nitrogens with zero attached hydrogens (tertiary/aromatic N) is 3. The second-order valence-corrected chi connectivity index (χ2v) is 9.26. The molecule has 0 spiro atoms. The first-order valence-corrected chi connectivity index (χ1v) is 12.2. The zero-order valence-corrected chi connectivity index (χ0v) is 20.2. The van der Waals surface area contributed by atoms with E-state index in [1.807, 2.05) is 79.7 Å². The van der Waals surface area contributed by atoms with Crippen LogP contribution in [0.4, 0.5) is 11.4 Å². The molecule has 0 fully saturated rings. The minimum Gasteiger partial charge on any atom is -0.497 e. The van der Waals surface area contributed by atoms with Crippen LogP contribution in [0, 0.1) is 0 Å². The van der Waals surface area contributed by atoms with Crippen molar-refractivity contribution in [2.45, 2.75) is 24.6 Å². The Morgan fingerprint density at radius 2 is 1.86 bits per heavy atom. The summed E-state index contributed by atoms with van der Waals surface area (Å²) in [5, 5.41) is 2.95. The molecule has 2 amide bonds. The monoisotopic (exact) mass is 484 g/mol. The number of aliphatic imine (C=N–C) groups is 2. The molecular weight excluding hydrogens is 460 g/mol. The largest absolute Gasteiger partial charge is 0.497 e. The highest BCUT2D eigenvalue weighted by molar-refractivity contribution is 8.15. The van der Waals surface area contributed by atoms with Crippen molar-refractivity contribution in [2.24, 2.45) is 9.98 Å². The Morgan fingerprint density at radius 3 is 2.63 bits per heavy atom. The molecule has 1 N–H and O–H groups in total. The van der Waals surface area contributed by atoms with Crippen LogP contribution in [-0.4, -0.2) is 40.1 Å². The third-order valence-electron chi connectivity index (χ3n) is 5.83. The van der Waals surface area contributed by atoms with Gasteiger partial charge in [-0.2, -0.15) is 0 Å². The Labute approximate surface area is 207 Å². The summed E-state index contributed by atoms with van der Waals surface area (Å²) in [4.78, 5) is 37.9. The van der Waals surface area contributed by atoms with Gasteiger partial charge in [0.05, 0.1) is 18.0 Å². The number of carbonyl (C=O) groups excluding carboxylic acids is 2. The first-order valence-electron chi connectivity index (χ1n) is 11.4. The summed E-state index contributed by atoms with van der Waals surface area (Å²) in [5.74, 6) is 0.888. The van der Waals surface area contributed by atoms with Gasteiger partial charge in [-0.15, -0.1) is 0 Å². The van der Waals surface area contributed by atoms with E-state index in [0.29, 0.717) is 28.9 Å². The quantitative estimate of drug-likeness (QED) is 0.523. The average molecular weight is 485 g/mol. The summed E-state index contributed by atoms with van der Waals surface area (Å²) in [7, 11) is 1.58. The molecule has 2 aliphatic rings. The molecule has 2 heterocycles. The lowest BCUT2D eigenvalue weighted by atomic mass is 10.1. The normalized spacial score (nSPS) is 17.1. The molecule has 0 unspecified atom stereocenters. The van der Waals surface area contributed by atoms with Gasteiger partial charge in [0.15, 0.2) is 11.2 Å². The van der Waals surface area contributed by atoms with E-state index in [2.05, 4.69) is 5.32 Å². The van der Waals surface area contributed by atoms with E-state index in [1.165, 1.54) is 11.8 Å². The van der Waals surface area contributed by atoms with Crippen LogP contribution in [0.2, 0.25) is 0 Å². The Hall–Kier alpha value is -3.91. The van der Waals surface area contributed by atoms with Gasteiger partial charge in [0.1, 0.15) is 11.6 Å². The van der Waals surface area contributed by atoms with Crippen molar-refractivity contribution < 1.29 is 14.3 Å². The zero-order chi connectivity index (χ0) is 24.4. The molecule has 7 nitrogen and oxygen atoms in total. The number of para-hydroxylation sites is 1. The van der Waals surface area contributed by atoms with Crippen molar-refractivity contribution in [3.05, 3.63) is 90.0 Å². The Morgan fingerprint density at radius 1 is 1.09 bits per heavy atom. The number of amides is 2. The number of anilines is 1. The highest BCUT2D eigenvalue weighted by Gasteiger charge is 2.43. The molecule has 176 valence electrons. The number of ether oxygens (including phenoxy) is 1. The van der Waals surface area contributed by atoms with Crippen LogP contribution < -0.4 is 10.1 Å². The van der Waals surface area contributed by atoms with Crippen molar-refractivity contribution in [1.82, 2.24) is 4.90 Å². The summed E-state index contributed by atoms with van der Waals surface area (Å²) >= 11 is 1.27. The van der Waals surface area contributed by atoms with Crippen molar-refractivity contribution in [3.63, 3.8) is 0 Å². The molecule has 3 aromatic carbocycles. The molecule has 0 aliphatic carbocycles. The molecule has 0 bridgehead atoms. The second kappa shape index (κ2) is 9.76. The topological polar surface area (TPSA) is 83.4 Å². The minimum absolute atomic E-state index is 0.169. The van der Waals surface area contributed by atoms with E-state index >= 15 is 0 Å². The van der Waals surface area contributed by atoms with Gasteiger partial charge in [0.25, 0.3) is 5.91 Å². The number of fused-ring (bicyclic) bond motifs is 3. The minimum atomic E-state index is -0.645. The van der Waals surface area contributed by atoms with Crippen LogP contribution in [0.1, 0.15) is 30.5 Å². The van der Waals surface area contributed by atoms with Crippen molar-refractivity contribution >= 4 is 46.0 Å². The summed E-state index contributed by atoms with van der Waals surface area (Å²) in [6, 6.07) is 23.7. The number of hydrogen-bond donors (Lipinski definition) is 1. The third-order valence-corrected chi connectivity index (χ3v) is 7.15. The lowest BCUT2D eigenvalue weighted by molar-refractivity contribution is -0.124. The number of carbonyl (C=O) groups is 2. The van der Waals surface area contributed by atoms with Gasteiger partial charge < -0.3 is 10.1 Å². The van der Waals surface area contributed by atoms with Crippen LogP contribution in [0.3, 0.4) is 0 Å². The number of rotatable bonds is 6. The van der Waals surface area contributed by atoms with Gasteiger partial charge in [0.2, 0.25) is 5.91 Å². The van der Waals surface area contributed by atoms with E-state index in [-0.39, 0.29) is 11.8 Å². The summed E-state index contributed by atoms with van der Waals surface area (Å²) < 4.78 is 5.25. The van der Waals surface area contributed by atoms with Crippen LogP contribution in [-0.2, 0) is 9.59 Å². The number of thioether (sulfide) groups is 1. The predicted octanol–water partition coefficient (Wildman–Crippen LogP) is 5.18. The molecule has 2 atom stereocenters. The van der Waals surface area contributed by atoms with Crippen LogP contribution in [0.25, 0.3) is 0 Å². The lowest BCUT2D eigenvalue weighted by Gasteiger charge is -2.27. The second-order valence-electron chi connectivity index (χ2n) is 8.09. The highest BCUT2D eigenvalue weighted by Crippen LogP contribution is 2.38. The molecule has 0 aromatic heterocycles. The Kier molecular flexibility index (Phi) is 6.37. The van der Waals surface area contributed by atoms with Gasteiger partial charge in [-0.1, -0.05) is 67.2 Å². The number of methoxy groups -OCH3 is 1. The Balaban J connectivity index is 1.45. The number of hydrogen-bond acceptors (Lipinski definition) is 6. The number of amidine groups is 2. The fourth-order valence-corrected chi connectivity index (χ4v) is 5.07. The molecule has 35 heavy (non-hydrogen) atoms. The predicted molar refractivity (Wildman–Crippen MR) is 139 cm³/mol. The molecular formula is C27H24N4O3S. The van der Waals surface area contributed by atoms with Gasteiger partial charge in [-0.25, -0.2) is 14.9 Å². The molecule has 5 rings (SSSR count). The van der Waals surface area contributed by atoms with Gasteiger partial charge in [-0.05, 0) is 36.2 Å². The summed E-state index contributed by atoms with van der Waals surface area (Å²) in [6.07, 6.45) is 0.553. The smallest absolute Gasteiger partial charge is 0.263 e. The van der Waals surface area contributed by atoms with Crippen LogP contribution >= 0.6 is 11.8 Å². The third kappa shape index (κ3) is 4.44. The Bertz CT molecular complexity index is 1340. The lowest BCUT2D eigenvalue weighted by Crippen LogP contribution is -2.41. The maximum absolute atomic E-state index is 13.6. The van der Waals surface area contributed by atoms with Gasteiger partial charge in [0, 0.05) is 17.3 Å². The standard InChI is InChI=1S/C27H24N4O3S/c1-3-22(25(32)28-18-12-9-13-19(16-18)34-2)35-27-29-21-15-8-7-14-20(21)24-30-23(26(33)31(24)27)17-10-5-4-6-11-17/h4-16,22-23H,3H2,1-2H3,(H,28,32)/t22-,23+/m1/s1. The van der Waals surface area contributed by atoms with Crippen molar-refractivity contribution in [3.8, 4) is 5.75 Å². The SMILES string of the molecule is CC[C@@H](SC1=Nc2ccccc2C2=N[C@@H](c3ccccc3)C(=O)N12)C(=O)Nc1cccc(OC)c1. The van der Waals surface area contributed by atoms with E-state index in [4.69, 9.17) is 14.7 Å². The van der Waals surface area contributed by atoms with Crippen LogP contribution in [0.15, 0.2) is 88.8 Å². The zero-order valence-electron chi connectivity index (χ0n) is 19.3. The average Bonchev–Trinajstić information content (AvgIpc) is 3.25. The summed E-state index contributed by atoms with van der Waals surface area (Å²) in [5.41, 5.74) is 3.00. The van der Waals surface area contributed by atoms with E-state index in [0.717, 1.165) is 16.8 Å². The first kappa shape index (κ1) is 22.9. The molecule has 0 saturated carbocycles. The fourth-order valence-electron chi connectivity index (χ4n) is 4.05. The van der Waals surface area contributed by atoms with Crippen molar-refractivity contribution in [1.29, 1.82) is 0 Å². The maximum atomic E-state index is 13.6. The van der Waals surface area contributed by atoms with E-state index < -0.39 is 11.3 Å². The van der Waals surface area contributed by atoms with Crippen LogP contribution in [0.5, 0.6) is 5.75 Å². The molecule has 8 heteroatoms. The fraction of sp³-hybridized carbons (Fsp3) is 0.185. The number of nitrogens with one attached hydrogen (secondary N) is 1.